The number of fused-ring (bicyclic) bond motifs is 2. The third-order valence-corrected chi connectivity index (χ3v) is 6.95. The SMILES string of the molecule is CC1(F)CC2(CC(C(=O)c3cccc4cc(Nc5n[nH]c6cccnc56)ccc34)C2)C1. The van der Waals surface area contributed by atoms with Crippen molar-refractivity contribution in [2.45, 2.75) is 38.3 Å². The molecule has 1 spiro atoms. The minimum absolute atomic E-state index is 0.0148. The Morgan fingerprint density at radius 2 is 2.00 bits per heavy atom. The minimum Gasteiger partial charge on any atom is -0.337 e. The molecule has 2 N–H and O–H groups in total. The van der Waals surface area contributed by atoms with Crippen LogP contribution in [0.15, 0.2) is 54.7 Å². The number of benzene rings is 2. The van der Waals surface area contributed by atoms with E-state index in [1.807, 2.05) is 48.5 Å². The molecule has 4 aromatic rings. The van der Waals surface area contributed by atoms with Crippen molar-refractivity contribution >= 4 is 39.1 Å². The summed E-state index contributed by atoms with van der Waals surface area (Å²) in [5.41, 5.74) is 2.34. The normalized spacial score (nSPS) is 27.2. The predicted octanol–water partition coefficient (Wildman–Crippen LogP) is 5.96. The smallest absolute Gasteiger partial charge is 0.178 e. The number of anilines is 2. The lowest BCUT2D eigenvalue weighted by Crippen LogP contribution is -2.55. The monoisotopic (exact) mass is 414 g/mol. The molecular weight excluding hydrogens is 391 g/mol. The summed E-state index contributed by atoms with van der Waals surface area (Å²) < 4.78 is 13.9. The minimum atomic E-state index is -1.04. The van der Waals surface area contributed by atoms with Crippen molar-refractivity contribution in [3.05, 3.63) is 60.3 Å². The van der Waals surface area contributed by atoms with Crippen LogP contribution in [0.1, 0.15) is 43.0 Å². The van der Waals surface area contributed by atoms with Crippen LogP contribution < -0.4 is 5.32 Å². The molecule has 0 amide bonds. The second-order valence-electron chi connectivity index (χ2n) is 9.57. The predicted molar refractivity (Wildman–Crippen MR) is 119 cm³/mol. The molecule has 0 aliphatic heterocycles. The molecule has 2 aliphatic carbocycles. The summed E-state index contributed by atoms with van der Waals surface area (Å²) in [7, 11) is 0. The molecule has 0 saturated heterocycles. The van der Waals surface area contributed by atoms with Crippen LogP contribution in [0.25, 0.3) is 21.8 Å². The highest BCUT2D eigenvalue weighted by atomic mass is 19.1. The number of hydrogen-bond donors (Lipinski definition) is 2. The number of halogens is 1. The van der Waals surface area contributed by atoms with Crippen molar-refractivity contribution in [1.29, 1.82) is 0 Å². The Kier molecular flexibility index (Phi) is 3.79. The quantitative estimate of drug-likeness (QED) is 0.405. The van der Waals surface area contributed by atoms with E-state index in [4.69, 9.17) is 0 Å². The van der Waals surface area contributed by atoms with E-state index < -0.39 is 5.67 Å². The first-order chi connectivity index (χ1) is 14.9. The second kappa shape index (κ2) is 6.36. The number of hydrogen-bond acceptors (Lipinski definition) is 4. The van der Waals surface area contributed by atoms with Crippen molar-refractivity contribution < 1.29 is 9.18 Å². The molecule has 5 nitrogen and oxygen atoms in total. The number of nitrogens with one attached hydrogen (secondary N) is 2. The molecule has 0 bridgehead atoms. The summed E-state index contributed by atoms with van der Waals surface area (Å²) in [5.74, 6) is 0.871. The van der Waals surface area contributed by atoms with Crippen molar-refractivity contribution in [2.24, 2.45) is 11.3 Å². The molecule has 156 valence electrons. The van der Waals surface area contributed by atoms with Gasteiger partial charge in [0.25, 0.3) is 0 Å². The Labute approximate surface area is 179 Å². The van der Waals surface area contributed by atoms with E-state index in [1.54, 1.807) is 13.1 Å². The van der Waals surface area contributed by atoms with Gasteiger partial charge in [-0.3, -0.25) is 14.9 Å². The van der Waals surface area contributed by atoms with Crippen LogP contribution in [0.2, 0.25) is 0 Å². The molecular formula is C25H23FN4O. The van der Waals surface area contributed by atoms with Crippen LogP contribution in [0.3, 0.4) is 0 Å². The van der Waals surface area contributed by atoms with Gasteiger partial charge in [-0.25, -0.2) is 4.39 Å². The van der Waals surface area contributed by atoms with E-state index in [1.165, 1.54) is 0 Å². The molecule has 0 unspecified atom stereocenters. The van der Waals surface area contributed by atoms with Gasteiger partial charge in [0.1, 0.15) is 11.2 Å². The lowest BCUT2D eigenvalue weighted by Gasteiger charge is -2.59. The van der Waals surface area contributed by atoms with Crippen LogP contribution >= 0.6 is 0 Å². The van der Waals surface area contributed by atoms with E-state index in [0.29, 0.717) is 18.7 Å². The molecule has 2 fully saturated rings. The number of aromatic nitrogens is 3. The number of rotatable bonds is 4. The third kappa shape index (κ3) is 3.00. The summed E-state index contributed by atoms with van der Waals surface area (Å²) in [6.07, 6.45) is 4.58. The lowest BCUT2D eigenvalue weighted by molar-refractivity contribution is -0.121. The van der Waals surface area contributed by atoms with Gasteiger partial charge in [0.05, 0.1) is 5.52 Å². The number of H-pyrrole nitrogens is 1. The topological polar surface area (TPSA) is 70.7 Å². The summed E-state index contributed by atoms with van der Waals surface area (Å²) in [6.45, 7) is 1.67. The maximum atomic E-state index is 13.9. The van der Waals surface area contributed by atoms with Crippen LogP contribution in [0.4, 0.5) is 15.9 Å². The molecule has 2 aromatic heterocycles. The Morgan fingerprint density at radius 1 is 1.16 bits per heavy atom. The van der Waals surface area contributed by atoms with Crippen molar-refractivity contribution in [3.8, 4) is 0 Å². The first-order valence-corrected chi connectivity index (χ1v) is 10.7. The second-order valence-corrected chi connectivity index (χ2v) is 9.57. The van der Waals surface area contributed by atoms with E-state index in [9.17, 15) is 9.18 Å². The highest BCUT2D eigenvalue weighted by Crippen LogP contribution is 2.64. The zero-order chi connectivity index (χ0) is 21.2. The van der Waals surface area contributed by atoms with E-state index in [-0.39, 0.29) is 17.1 Å². The number of alkyl halides is 1. The first kappa shape index (κ1) is 18.5. The third-order valence-electron chi connectivity index (χ3n) is 6.95. The highest BCUT2D eigenvalue weighted by Gasteiger charge is 2.60. The molecule has 6 heteroatoms. The molecule has 2 heterocycles. The fourth-order valence-electron chi connectivity index (χ4n) is 5.85. The first-order valence-electron chi connectivity index (χ1n) is 10.7. The fraction of sp³-hybridized carbons (Fsp3) is 0.320. The van der Waals surface area contributed by atoms with E-state index >= 15 is 0 Å². The average Bonchev–Trinajstić information content (AvgIpc) is 3.12. The molecule has 0 atom stereocenters. The standard InChI is InChI=1S/C25H23FN4O/c1-24(26)13-25(14-24)11-16(12-25)22(31)19-5-2-4-15-10-17(7-8-18(15)19)28-23-21-20(29-30-23)6-3-9-27-21/h2-10,16H,11-14H2,1H3,(H2,28,29,30). The summed E-state index contributed by atoms with van der Waals surface area (Å²) in [4.78, 5) is 17.6. The Hall–Kier alpha value is -3.28. The number of ketones is 1. The van der Waals surface area contributed by atoms with Crippen molar-refractivity contribution in [1.82, 2.24) is 15.2 Å². The van der Waals surface area contributed by atoms with Crippen LogP contribution in [-0.2, 0) is 0 Å². The number of carbonyl (C=O) groups excluding carboxylic acids is 1. The Bertz CT molecular complexity index is 1330. The molecule has 2 aromatic carbocycles. The van der Waals surface area contributed by atoms with Gasteiger partial charge < -0.3 is 5.32 Å². The van der Waals surface area contributed by atoms with Crippen LogP contribution in [-0.4, -0.2) is 26.6 Å². The van der Waals surface area contributed by atoms with Gasteiger partial charge in [0.2, 0.25) is 0 Å². The number of Topliss-reactive ketones (excluding diaryl/α,β-unsaturated/α-hetero) is 1. The van der Waals surface area contributed by atoms with Crippen molar-refractivity contribution in [3.63, 3.8) is 0 Å². The average molecular weight is 414 g/mol. The number of nitrogens with zero attached hydrogens (tertiary/aromatic N) is 2. The zero-order valence-corrected chi connectivity index (χ0v) is 17.3. The van der Waals surface area contributed by atoms with Gasteiger partial charge in [-0.1, -0.05) is 24.3 Å². The van der Waals surface area contributed by atoms with Gasteiger partial charge in [-0.05, 0) is 73.1 Å². The Morgan fingerprint density at radius 3 is 2.81 bits per heavy atom. The maximum Gasteiger partial charge on any atom is 0.178 e. The Balaban J connectivity index is 1.25. The van der Waals surface area contributed by atoms with E-state index in [2.05, 4.69) is 20.5 Å². The highest BCUT2D eigenvalue weighted by molar-refractivity contribution is 6.10. The fourth-order valence-corrected chi connectivity index (χ4v) is 5.85. The number of pyridine rings is 1. The van der Waals surface area contributed by atoms with Crippen LogP contribution in [0.5, 0.6) is 0 Å². The molecule has 2 aliphatic rings. The largest absolute Gasteiger partial charge is 0.337 e. The summed E-state index contributed by atoms with van der Waals surface area (Å²) in [5, 5.41) is 12.6. The van der Waals surface area contributed by atoms with Gasteiger partial charge in [0, 0.05) is 23.4 Å². The van der Waals surface area contributed by atoms with E-state index in [0.717, 1.165) is 45.9 Å². The molecule has 31 heavy (non-hydrogen) atoms. The number of aromatic amines is 1. The number of carbonyl (C=O) groups is 1. The summed E-state index contributed by atoms with van der Waals surface area (Å²) in [6, 6.07) is 15.6. The van der Waals surface area contributed by atoms with Gasteiger partial charge >= 0.3 is 0 Å². The maximum absolute atomic E-state index is 13.9. The van der Waals surface area contributed by atoms with Crippen LogP contribution in [0, 0.1) is 11.3 Å². The lowest BCUT2D eigenvalue weighted by atomic mass is 9.46. The summed E-state index contributed by atoms with van der Waals surface area (Å²) >= 11 is 0. The molecule has 6 rings (SSSR count). The van der Waals surface area contributed by atoms with Gasteiger partial charge in [0.15, 0.2) is 11.6 Å². The van der Waals surface area contributed by atoms with Gasteiger partial charge in [-0.15, -0.1) is 0 Å². The molecule has 2 saturated carbocycles. The van der Waals surface area contributed by atoms with Crippen molar-refractivity contribution in [2.75, 3.05) is 5.32 Å². The van der Waals surface area contributed by atoms with Gasteiger partial charge in [-0.2, -0.15) is 5.10 Å². The molecule has 0 radical (unpaired) electrons. The zero-order valence-electron chi connectivity index (χ0n) is 17.3.